The van der Waals surface area contributed by atoms with Crippen LogP contribution in [0.1, 0.15) is 45.3 Å². The van der Waals surface area contributed by atoms with Crippen molar-refractivity contribution in [3.05, 3.63) is 11.8 Å². The minimum atomic E-state index is -0.429. The number of ketones is 1. The molecule has 1 aromatic rings. The van der Waals surface area contributed by atoms with Crippen LogP contribution < -0.4 is 4.90 Å². The van der Waals surface area contributed by atoms with Gasteiger partial charge in [-0.15, -0.1) is 0 Å². The van der Waals surface area contributed by atoms with Crippen LogP contribution in [0.5, 0.6) is 0 Å². The van der Waals surface area contributed by atoms with Crippen molar-refractivity contribution in [3.8, 4) is 0 Å². The van der Waals surface area contributed by atoms with E-state index in [4.69, 9.17) is 9.26 Å². The smallest absolute Gasteiger partial charge is 0.317 e. The molecule has 0 N–H and O–H groups in total. The van der Waals surface area contributed by atoms with E-state index in [1.54, 1.807) is 6.92 Å². The van der Waals surface area contributed by atoms with Gasteiger partial charge in [0.15, 0.2) is 11.6 Å². The molecule has 1 saturated carbocycles. The summed E-state index contributed by atoms with van der Waals surface area (Å²) in [4.78, 5) is 25.3. The predicted molar refractivity (Wildman–Crippen MR) is 79.6 cm³/mol. The fraction of sp³-hybridized carbons (Fsp3) is 0.688. The number of nitrogens with zero attached hydrogens (tertiary/aromatic N) is 2. The summed E-state index contributed by atoms with van der Waals surface area (Å²) in [5, 5.41) is 4.09. The standard InChI is InChI=1S/C16H22N2O4/c1-4-21-15(20)14(10(2)3)12-5-13(17-22-12)18-8-16(9-18)6-11(19)7-16/h5,10,14H,4,6-9H2,1-3H3. The summed E-state index contributed by atoms with van der Waals surface area (Å²) in [6.07, 6.45) is 1.37. The van der Waals surface area contributed by atoms with Gasteiger partial charge in [0.2, 0.25) is 0 Å². The summed E-state index contributed by atoms with van der Waals surface area (Å²) in [5.41, 5.74) is 0.175. The van der Waals surface area contributed by atoms with Crippen molar-refractivity contribution in [1.82, 2.24) is 5.16 Å². The molecule has 120 valence electrons. The molecule has 6 nitrogen and oxygen atoms in total. The second kappa shape index (κ2) is 5.41. The molecule has 1 saturated heterocycles. The van der Waals surface area contributed by atoms with Gasteiger partial charge in [-0.1, -0.05) is 19.0 Å². The zero-order valence-corrected chi connectivity index (χ0v) is 13.3. The van der Waals surface area contributed by atoms with Crippen molar-refractivity contribution in [2.24, 2.45) is 11.3 Å². The highest BCUT2D eigenvalue weighted by molar-refractivity contribution is 5.87. The summed E-state index contributed by atoms with van der Waals surface area (Å²) < 4.78 is 10.5. The van der Waals surface area contributed by atoms with Gasteiger partial charge in [0.25, 0.3) is 0 Å². The summed E-state index contributed by atoms with van der Waals surface area (Å²) in [5.74, 6) is 1.02. The Kier molecular flexibility index (Phi) is 3.70. The number of aromatic nitrogens is 1. The first-order chi connectivity index (χ1) is 10.4. The predicted octanol–water partition coefficient (Wildman–Crippen LogP) is 2.15. The molecule has 1 aromatic heterocycles. The molecule has 0 amide bonds. The van der Waals surface area contributed by atoms with Crippen molar-refractivity contribution in [2.45, 2.75) is 39.5 Å². The van der Waals surface area contributed by atoms with Crippen LogP contribution in [0.25, 0.3) is 0 Å². The molecule has 1 spiro atoms. The summed E-state index contributed by atoms with van der Waals surface area (Å²) in [6.45, 7) is 7.75. The summed E-state index contributed by atoms with van der Waals surface area (Å²) in [7, 11) is 0. The minimum Gasteiger partial charge on any atom is -0.465 e. The van der Waals surface area contributed by atoms with E-state index in [1.807, 2.05) is 19.9 Å². The summed E-state index contributed by atoms with van der Waals surface area (Å²) >= 11 is 0. The van der Waals surface area contributed by atoms with Crippen LogP contribution in [0.3, 0.4) is 0 Å². The second-order valence-corrected chi connectivity index (χ2v) is 6.81. The van der Waals surface area contributed by atoms with Gasteiger partial charge >= 0.3 is 5.97 Å². The molecule has 0 aromatic carbocycles. The molecule has 0 radical (unpaired) electrons. The highest BCUT2D eigenvalue weighted by atomic mass is 16.5. The molecule has 2 heterocycles. The van der Waals surface area contributed by atoms with Gasteiger partial charge < -0.3 is 14.2 Å². The van der Waals surface area contributed by atoms with Gasteiger partial charge in [0, 0.05) is 37.4 Å². The van der Waals surface area contributed by atoms with Gasteiger partial charge in [0.1, 0.15) is 11.7 Å². The van der Waals surface area contributed by atoms with Gasteiger partial charge in [-0.25, -0.2) is 0 Å². The number of Topliss-reactive ketones (excluding diaryl/α,β-unsaturated/α-hetero) is 1. The number of ether oxygens (including phenoxy) is 1. The number of esters is 1. The highest BCUT2D eigenvalue weighted by Crippen LogP contribution is 2.47. The summed E-state index contributed by atoms with van der Waals surface area (Å²) in [6, 6.07) is 1.83. The lowest BCUT2D eigenvalue weighted by atomic mass is 9.63. The van der Waals surface area contributed by atoms with E-state index in [1.165, 1.54) is 0 Å². The zero-order chi connectivity index (χ0) is 15.9. The van der Waals surface area contributed by atoms with Crippen LogP contribution in [0, 0.1) is 11.3 Å². The van der Waals surface area contributed by atoms with E-state index < -0.39 is 5.92 Å². The van der Waals surface area contributed by atoms with Gasteiger partial charge in [-0.2, -0.15) is 0 Å². The van der Waals surface area contributed by atoms with Crippen molar-refractivity contribution in [3.63, 3.8) is 0 Å². The van der Waals surface area contributed by atoms with Crippen LogP contribution in [0.2, 0.25) is 0 Å². The fourth-order valence-electron chi connectivity index (χ4n) is 3.46. The maximum absolute atomic E-state index is 12.1. The van der Waals surface area contributed by atoms with Gasteiger partial charge in [-0.3, -0.25) is 9.59 Å². The average molecular weight is 306 g/mol. The Bertz CT molecular complexity index is 577. The molecule has 1 atom stereocenters. The van der Waals surface area contributed by atoms with Crippen LogP contribution >= 0.6 is 0 Å². The monoisotopic (exact) mass is 306 g/mol. The van der Waals surface area contributed by atoms with Gasteiger partial charge in [-0.05, 0) is 12.8 Å². The van der Waals surface area contributed by atoms with E-state index in [9.17, 15) is 9.59 Å². The first kappa shape index (κ1) is 15.1. The molecule has 2 fully saturated rings. The van der Waals surface area contributed by atoms with Crippen LogP contribution in [0.15, 0.2) is 10.6 Å². The van der Waals surface area contributed by atoms with Crippen LogP contribution in [-0.4, -0.2) is 36.6 Å². The Balaban J connectivity index is 1.68. The van der Waals surface area contributed by atoms with Crippen LogP contribution in [-0.2, 0) is 14.3 Å². The quantitative estimate of drug-likeness (QED) is 0.776. The van der Waals surface area contributed by atoms with E-state index in [0.717, 1.165) is 18.9 Å². The zero-order valence-electron chi connectivity index (χ0n) is 13.3. The van der Waals surface area contributed by atoms with Crippen molar-refractivity contribution >= 4 is 17.6 Å². The van der Waals surface area contributed by atoms with Crippen molar-refractivity contribution in [2.75, 3.05) is 24.6 Å². The molecule has 2 aliphatic rings. The molecular weight excluding hydrogens is 284 g/mol. The number of anilines is 1. The molecule has 1 unspecified atom stereocenters. The normalized spacial score (nSPS) is 20.7. The first-order valence-corrected chi connectivity index (χ1v) is 7.84. The van der Waals surface area contributed by atoms with Gasteiger partial charge in [0.05, 0.1) is 6.61 Å². The Hall–Kier alpha value is -1.85. The number of carbonyl (C=O) groups excluding carboxylic acids is 2. The Morgan fingerprint density at radius 3 is 2.68 bits per heavy atom. The Labute approximate surface area is 129 Å². The lowest BCUT2D eigenvalue weighted by Gasteiger charge is -2.54. The third-order valence-electron chi connectivity index (χ3n) is 4.55. The minimum absolute atomic E-state index is 0.0758. The number of hydrogen-bond donors (Lipinski definition) is 0. The second-order valence-electron chi connectivity index (χ2n) is 6.81. The first-order valence-electron chi connectivity index (χ1n) is 7.84. The highest BCUT2D eigenvalue weighted by Gasteiger charge is 2.52. The molecule has 22 heavy (non-hydrogen) atoms. The average Bonchev–Trinajstić information content (AvgIpc) is 2.80. The third kappa shape index (κ3) is 2.51. The topological polar surface area (TPSA) is 72.6 Å². The SMILES string of the molecule is CCOC(=O)C(c1cc(N2CC3(CC(=O)C3)C2)no1)C(C)C. The third-order valence-corrected chi connectivity index (χ3v) is 4.55. The Morgan fingerprint density at radius 2 is 2.14 bits per heavy atom. The lowest BCUT2D eigenvalue weighted by Crippen LogP contribution is -2.62. The van der Waals surface area contributed by atoms with Crippen molar-refractivity contribution in [1.29, 1.82) is 0 Å². The van der Waals surface area contributed by atoms with Crippen molar-refractivity contribution < 1.29 is 18.8 Å². The maximum Gasteiger partial charge on any atom is 0.317 e. The molecule has 1 aliphatic carbocycles. The number of rotatable bonds is 5. The lowest BCUT2D eigenvalue weighted by molar-refractivity contribution is -0.146. The molecule has 6 heteroatoms. The number of carbonyl (C=O) groups is 2. The molecule has 3 rings (SSSR count). The van der Waals surface area contributed by atoms with E-state index in [-0.39, 0.29) is 17.3 Å². The maximum atomic E-state index is 12.1. The van der Waals surface area contributed by atoms with E-state index in [2.05, 4.69) is 10.1 Å². The van der Waals surface area contributed by atoms with Crippen LogP contribution in [0.4, 0.5) is 5.82 Å². The van der Waals surface area contributed by atoms with E-state index >= 15 is 0 Å². The number of hydrogen-bond acceptors (Lipinski definition) is 6. The molecule has 0 bridgehead atoms. The Morgan fingerprint density at radius 1 is 1.45 bits per heavy atom. The largest absolute Gasteiger partial charge is 0.465 e. The molecule has 1 aliphatic heterocycles. The fourth-order valence-corrected chi connectivity index (χ4v) is 3.46. The molecular formula is C16H22N2O4. The van der Waals surface area contributed by atoms with E-state index in [0.29, 0.717) is 31.0 Å².